The molecule has 1 amide bonds. The maximum absolute atomic E-state index is 13.5. The highest BCUT2D eigenvalue weighted by Crippen LogP contribution is 2.49. The van der Waals surface area contributed by atoms with Gasteiger partial charge < -0.3 is 19.0 Å². The topological polar surface area (TPSA) is 113 Å². The lowest BCUT2D eigenvalue weighted by molar-refractivity contribution is -0.124. The summed E-state index contributed by atoms with van der Waals surface area (Å²) in [6, 6.07) is 3.46. The van der Waals surface area contributed by atoms with Crippen molar-refractivity contribution < 1.29 is 13.9 Å². The zero-order valence-electron chi connectivity index (χ0n) is 20.0. The average Bonchev–Trinajstić information content (AvgIpc) is 3.56. The maximum atomic E-state index is 13.5. The van der Waals surface area contributed by atoms with Crippen molar-refractivity contribution in [2.75, 3.05) is 20.3 Å². The van der Waals surface area contributed by atoms with E-state index >= 15 is 0 Å². The van der Waals surface area contributed by atoms with Crippen LogP contribution in [0.2, 0.25) is 5.22 Å². The van der Waals surface area contributed by atoms with Crippen LogP contribution in [0.5, 0.6) is 0 Å². The molecule has 4 aromatic heterocycles. The van der Waals surface area contributed by atoms with Crippen LogP contribution in [0.3, 0.4) is 0 Å². The Morgan fingerprint density at radius 3 is 2.72 bits per heavy atom. The number of hydrogen-bond donors (Lipinski definition) is 1. The minimum Gasteiger partial charge on any atom is -0.448 e. The number of methoxy groups -OCH3 is 1. The molecule has 2 atom stereocenters. The van der Waals surface area contributed by atoms with E-state index in [0.717, 1.165) is 16.0 Å². The molecule has 1 aliphatic rings. The van der Waals surface area contributed by atoms with Crippen molar-refractivity contribution in [1.82, 2.24) is 24.0 Å². The monoisotopic (exact) mass is 549 g/mol. The Morgan fingerprint density at radius 2 is 2.08 bits per heavy atom. The number of amides is 1. The molecule has 5 heterocycles. The first-order valence-electron chi connectivity index (χ1n) is 11.1. The Bertz CT molecular complexity index is 1600. The molecule has 0 spiro atoms. The van der Waals surface area contributed by atoms with Gasteiger partial charge in [0.2, 0.25) is 5.91 Å². The first-order chi connectivity index (χ1) is 17.2. The van der Waals surface area contributed by atoms with Gasteiger partial charge in [-0.3, -0.25) is 18.7 Å². The van der Waals surface area contributed by atoms with Gasteiger partial charge in [0.05, 0.1) is 22.3 Å². The van der Waals surface area contributed by atoms with Gasteiger partial charge in [-0.1, -0.05) is 0 Å². The van der Waals surface area contributed by atoms with Crippen LogP contribution < -0.4 is 16.6 Å². The molecule has 0 saturated heterocycles. The predicted octanol–water partition coefficient (Wildman–Crippen LogP) is 2.68. The number of carbonyl (C=O) groups excluding carboxylic acids is 1. The van der Waals surface area contributed by atoms with Gasteiger partial charge in [0.25, 0.3) is 5.56 Å². The van der Waals surface area contributed by atoms with Crippen molar-refractivity contribution in [3.63, 3.8) is 0 Å². The number of aromatic nitrogens is 4. The predicted molar refractivity (Wildman–Crippen MR) is 140 cm³/mol. The Morgan fingerprint density at radius 1 is 1.31 bits per heavy atom. The summed E-state index contributed by atoms with van der Waals surface area (Å²) in [4.78, 5) is 43.3. The number of thioether (sulfide) groups is 1. The number of furan rings is 1. The lowest BCUT2D eigenvalue weighted by atomic mass is 10.2. The normalized spacial score (nSPS) is 17.5. The summed E-state index contributed by atoms with van der Waals surface area (Å²) >= 11 is 9.16. The van der Waals surface area contributed by atoms with Gasteiger partial charge in [0, 0.05) is 50.6 Å². The van der Waals surface area contributed by atoms with Crippen molar-refractivity contribution in [2.45, 2.75) is 24.0 Å². The molecule has 0 aromatic carbocycles. The molecule has 0 saturated carbocycles. The zero-order chi connectivity index (χ0) is 25.7. The Kier molecular flexibility index (Phi) is 6.62. The number of nitrogens with zero attached hydrogens (tertiary/aromatic N) is 4. The molecule has 10 nitrogen and oxygen atoms in total. The van der Waals surface area contributed by atoms with Crippen LogP contribution in [-0.4, -0.2) is 50.1 Å². The highest BCUT2D eigenvalue weighted by Gasteiger charge is 2.38. The van der Waals surface area contributed by atoms with Gasteiger partial charge in [0.15, 0.2) is 5.22 Å². The molecule has 0 aliphatic carbocycles. The molecule has 1 aliphatic heterocycles. The SMILES string of the molecule is COCC(=O)NC[C@H]1Cn2c(-c3nc(C)cs3)c3c(=O)n(C)c(=O)n(C)c3c2[C@H](c2ccc(Cl)o2)S1. The number of hydrogen-bond acceptors (Lipinski definition) is 8. The highest BCUT2D eigenvalue weighted by molar-refractivity contribution is 8.00. The van der Waals surface area contributed by atoms with E-state index in [1.54, 1.807) is 30.9 Å². The van der Waals surface area contributed by atoms with E-state index in [-0.39, 0.29) is 33.8 Å². The average molecular weight is 550 g/mol. The Labute approximate surface area is 218 Å². The summed E-state index contributed by atoms with van der Waals surface area (Å²) in [5.41, 5.74) is 1.99. The van der Waals surface area contributed by atoms with Gasteiger partial charge in [0.1, 0.15) is 22.6 Å². The minimum atomic E-state index is -0.419. The molecule has 13 heteroatoms. The fourth-order valence-electron chi connectivity index (χ4n) is 4.58. The summed E-state index contributed by atoms with van der Waals surface area (Å²) in [6.07, 6.45) is 0. The molecule has 0 fully saturated rings. The molecule has 0 unspecified atom stereocenters. The summed E-state index contributed by atoms with van der Waals surface area (Å²) in [7, 11) is 4.61. The number of rotatable bonds is 6. The van der Waals surface area contributed by atoms with E-state index in [2.05, 4.69) is 14.9 Å². The molecular weight excluding hydrogens is 526 g/mol. The van der Waals surface area contributed by atoms with Crippen LogP contribution in [-0.2, 0) is 30.2 Å². The third-order valence-electron chi connectivity index (χ3n) is 6.14. The van der Waals surface area contributed by atoms with Crippen molar-refractivity contribution in [1.29, 1.82) is 0 Å². The number of carbonyl (C=O) groups is 1. The van der Waals surface area contributed by atoms with Crippen LogP contribution in [0.1, 0.15) is 22.4 Å². The zero-order valence-corrected chi connectivity index (χ0v) is 22.4. The molecule has 1 N–H and O–H groups in total. The molecule has 36 heavy (non-hydrogen) atoms. The van der Waals surface area contributed by atoms with Crippen LogP contribution in [0.4, 0.5) is 0 Å². The van der Waals surface area contributed by atoms with E-state index in [1.807, 2.05) is 12.3 Å². The van der Waals surface area contributed by atoms with Crippen molar-refractivity contribution in [3.8, 4) is 10.7 Å². The second-order valence-electron chi connectivity index (χ2n) is 8.58. The highest BCUT2D eigenvalue weighted by atomic mass is 35.5. The quantitative estimate of drug-likeness (QED) is 0.393. The second-order valence-corrected chi connectivity index (χ2v) is 11.2. The van der Waals surface area contributed by atoms with Gasteiger partial charge in [-0.2, -0.15) is 0 Å². The number of nitrogens with one attached hydrogen (secondary N) is 1. The smallest absolute Gasteiger partial charge is 0.331 e. The standard InChI is InChI=1S/C23H24ClN5O5S2/c1-11-10-35-21(26-11)18-16-17(27(2)23(32)28(3)22(16)31)19-20(13-5-6-14(24)34-13)36-12(8-29(18)19)7-25-15(30)9-33-4/h5-6,10,12,20H,7-9H2,1-4H3,(H,25,30)/t12-,20-/m0/s1. The van der Waals surface area contributed by atoms with E-state index in [1.165, 1.54) is 30.1 Å². The van der Waals surface area contributed by atoms with Crippen molar-refractivity contribution >= 4 is 51.5 Å². The largest absolute Gasteiger partial charge is 0.448 e. The van der Waals surface area contributed by atoms with Gasteiger partial charge in [-0.15, -0.1) is 23.1 Å². The van der Waals surface area contributed by atoms with Crippen LogP contribution in [0, 0.1) is 6.92 Å². The van der Waals surface area contributed by atoms with E-state index in [0.29, 0.717) is 40.5 Å². The van der Waals surface area contributed by atoms with Gasteiger partial charge in [-0.05, 0) is 30.7 Å². The van der Waals surface area contributed by atoms with E-state index in [9.17, 15) is 14.4 Å². The number of thiazole rings is 1. The van der Waals surface area contributed by atoms with E-state index in [4.69, 9.17) is 20.8 Å². The maximum Gasteiger partial charge on any atom is 0.331 e. The van der Waals surface area contributed by atoms with Crippen LogP contribution in [0.15, 0.2) is 31.5 Å². The lowest BCUT2D eigenvalue weighted by Gasteiger charge is -2.31. The fraction of sp³-hybridized carbons (Fsp3) is 0.391. The third-order valence-corrected chi connectivity index (χ3v) is 8.74. The molecule has 4 aromatic rings. The first-order valence-corrected chi connectivity index (χ1v) is 13.3. The van der Waals surface area contributed by atoms with Gasteiger partial charge in [-0.25, -0.2) is 9.78 Å². The molecule has 0 bridgehead atoms. The van der Waals surface area contributed by atoms with Gasteiger partial charge >= 0.3 is 5.69 Å². The second kappa shape index (κ2) is 9.58. The number of aryl methyl sites for hydroxylation is 2. The third kappa shape index (κ3) is 4.11. The molecule has 190 valence electrons. The number of ether oxygens (including phenoxy) is 1. The fourth-order valence-corrected chi connectivity index (χ4v) is 7.01. The minimum absolute atomic E-state index is 0.0327. The van der Waals surface area contributed by atoms with Crippen LogP contribution >= 0.6 is 34.7 Å². The number of fused-ring (bicyclic) bond motifs is 3. The van der Waals surface area contributed by atoms with Crippen molar-refractivity contribution in [2.24, 2.45) is 14.1 Å². The molecular formula is C23H24ClN5O5S2. The lowest BCUT2D eigenvalue weighted by Crippen LogP contribution is -2.38. The Balaban J connectivity index is 1.79. The summed E-state index contributed by atoms with van der Waals surface area (Å²) in [5, 5.41) is 5.73. The van der Waals surface area contributed by atoms with Crippen molar-refractivity contribution in [3.05, 3.63) is 60.7 Å². The molecule has 0 radical (unpaired) electrons. The Hall–Kier alpha value is -2.80. The van der Waals surface area contributed by atoms with Crippen LogP contribution in [0.25, 0.3) is 21.6 Å². The summed E-state index contributed by atoms with van der Waals surface area (Å²) in [6.45, 7) is 2.72. The van der Waals surface area contributed by atoms with E-state index < -0.39 is 5.69 Å². The first kappa shape index (κ1) is 24.9. The summed E-state index contributed by atoms with van der Waals surface area (Å²) in [5.74, 6) is 0.375. The number of halogens is 1. The molecule has 5 rings (SSSR count). The summed E-state index contributed by atoms with van der Waals surface area (Å²) < 4.78 is 15.4.